The number of aromatic nitrogens is 2. The summed E-state index contributed by atoms with van der Waals surface area (Å²) in [5, 5.41) is 3.51. The molecule has 3 aliphatic carbocycles. The third kappa shape index (κ3) is 1.50. The first-order valence-corrected chi connectivity index (χ1v) is 6.50. The fourth-order valence-electron chi connectivity index (χ4n) is 3.06. The molecule has 0 atom stereocenters. The summed E-state index contributed by atoms with van der Waals surface area (Å²) in [4.78, 5) is 8.95. The number of nitrogens with one attached hydrogen (secondary N) is 1. The SMILES string of the molecule is c1ccc(-c2ccnc(NC34CC(C3)C4)n2)cc1. The summed E-state index contributed by atoms with van der Waals surface area (Å²) in [5.41, 5.74) is 2.46. The lowest BCUT2D eigenvalue weighted by molar-refractivity contribution is 0.00147. The highest BCUT2D eigenvalue weighted by atomic mass is 15.2. The van der Waals surface area contributed by atoms with Crippen LogP contribution in [-0.4, -0.2) is 15.5 Å². The molecule has 1 N–H and O–H groups in total. The van der Waals surface area contributed by atoms with E-state index in [-0.39, 0.29) is 0 Å². The van der Waals surface area contributed by atoms with Crippen molar-refractivity contribution >= 4 is 5.95 Å². The molecule has 5 rings (SSSR count). The third-order valence-electron chi connectivity index (χ3n) is 4.14. The van der Waals surface area contributed by atoms with Gasteiger partial charge in [-0.05, 0) is 31.2 Å². The summed E-state index contributed by atoms with van der Waals surface area (Å²) >= 11 is 0. The second-order valence-electron chi connectivity index (χ2n) is 5.52. The minimum absolute atomic E-state index is 0.333. The Morgan fingerprint density at radius 1 is 1.06 bits per heavy atom. The zero-order valence-electron chi connectivity index (χ0n) is 10.1. The molecular formula is C15H15N3. The molecule has 2 bridgehead atoms. The van der Waals surface area contributed by atoms with Gasteiger partial charge >= 0.3 is 0 Å². The van der Waals surface area contributed by atoms with E-state index in [1.165, 1.54) is 19.3 Å². The van der Waals surface area contributed by atoms with Crippen LogP contribution in [0, 0.1) is 5.92 Å². The minimum Gasteiger partial charge on any atom is -0.349 e. The molecule has 1 aromatic carbocycles. The molecule has 0 saturated heterocycles. The summed E-state index contributed by atoms with van der Waals surface area (Å²) in [6, 6.07) is 12.2. The van der Waals surface area contributed by atoms with Crippen molar-refractivity contribution in [2.75, 3.05) is 5.32 Å². The van der Waals surface area contributed by atoms with E-state index in [2.05, 4.69) is 27.4 Å². The van der Waals surface area contributed by atoms with Gasteiger partial charge in [-0.3, -0.25) is 0 Å². The van der Waals surface area contributed by atoms with Gasteiger partial charge in [-0.2, -0.15) is 0 Å². The van der Waals surface area contributed by atoms with Gasteiger partial charge in [0.1, 0.15) is 0 Å². The Morgan fingerprint density at radius 2 is 1.83 bits per heavy atom. The lowest BCUT2D eigenvalue weighted by atomic mass is 9.50. The predicted molar refractivity (Wildman–Crippen MR) is 71.2 cm³/mol. The number of hydrogen-bond acceptors (Lipinski definition) is 3. The van der Waals surface area contributed by atoms with Crippen LogP contribution >= 0.6 is 0 Å². The number of nitrogens with zero attached hydrogens (tertiary/aromatic N) is 2. The molecule has 0 radical (unpaired) electrons. The van der Waals surface area contributed by atoms with Gasteiger partial charge in [-0.15, -0.1) is 0 Å². The summed E-state index contributed by atoms with van der Waals surface area (Å²) in [6.07, 6.45) is 5.73. The molecule has 1 aromatic heterocycles. The number of hydrogen-bond donors (Lipinski definition) is 1. The topological polar surface area (TPSA) is 37.8 Å². The second-order valence-corrected chi connectivity index (χ2v) is 5.52. The van der Waals surface area contributed by atoms with Gasteiger partial charge in [0.05, 0.1) is 5.69 Å². The molecule has 0 spiro atoms. The quantitative estimate of drug-likeness (QED) is 0.891. The third-order valence-corrected chi connectivity index (χ3v) is 4.14. The fourth-order valence-corrected chi connectivity index (χ4v) is 3.06. The average molecular weight is 237 g/mol. The molecule has 1 heterocycles. The van der Waals surface area contributed by atoms with Crippen molar-refractivity contribution in [1.29, 1.82) is 0 Å². The normalized spacial score (nSPS) is 28.1. The van der Waals surface area contributed by atoms with Crippen molar-refractivity contribution < 1.29 is 0 Å². The summed E-state index contributed by atoms with van der Waals surface area (Å²) in [6.45, 7) is 0. The maximum Gasteiger partial charge on any atom is 0.223 e. The maximum atomic E-state index is 4.61. The van der Waals surface area contributed by atoms with Crippen molar-refractivity contribution in [2.24, 2.45) is 5.92 Å². The zero-order chi connectivity index (χ0) is 12.0. The monoisotopic (exact) mass is 237 g/mol. The molecule has 3 fully saturated rings. The van der Waals surface area contributed by atoms with Gasteiger partial charge in [-0.1, -0.05) is 30.3 Å². The largest absolute Gasteiger partial charge is 0.349 e. The zero-order valence-corrected chi connectivity index (χ0v) is 10.1. The molecule has 3 nitrogen and oxygen atoms in total. The van der Waals surface area contributed by atoms with E-state index in [9.17, 15) is 0 Å². The molecule has 0 unspecified atom stereocenters. The minimum atomic E-state index is 0.333. The summed E-state index contributed by atoms with van der Waals surface area (Å²) < 4.78 is 0. The van der Waals surface area contributed by atoms with Crippen molar-refractivity contribution in [2.45, 2.75) is 24.8 Å². The standard InChI is InChI=1S/C15H15N3/c1-2-4-12(5-3-1)13-6-7-16-14(17-13)18-15-8-11(9-15)10-15/h1-7,11H,8-10H2,(H,16,17,18). The van der Waals surface area contributed by atoms with Crippen LogP contribution in [0.4, 0.5) is 5.95 Å². The van der Waals surface area contributed by atoms with Crippen molar-refractivity contribution in [3.05, 3.63) is 42.6 Å². The average Bonchev–Trinajstić information content (AvgIpc) is 2.34. The molecule has 0 aliphatic heterocycles. The highest BCUT2D eigenvalue weighted by Crippen LogP contribution is 2.58. The van der Waals surface area contributed by atoms with Crippen LogP contribution in [0.2, 0.25) is 0 Å². The van der Waals surface area contributed by atoms with Crippen LogP contribution in [0.25, 0.3) is 11.3 Å². The van der Waals surface area contributed by atoms with Crippen LogP contribution in [-0.2, 0) is 0 Å². The van der Waals surface area contributed by atoms with E-state index in [1.807, 2.05) is 30.5 Å². The molecule has 90 valence electrons. The predicted octanol–water partition coefficient (Wildman–Crippen LogP) is 3.11. The molecule has 3 saturated carbocycles. The lowest BCUT2D eigenvalue weighted by Gasteiger charge is -2.61. The number of rotatable bonds is 3. The highest BCUT2D eigenvalue weighted by molar-refractivity contribution is 5.59. The molecule has 3 aliphatic rings. The second kappa shape index (κ2) is 3.55. The maximum absolute atomic E-state index is 4.61. The van der Waals surface area contributed by atoms with E-state index >= 15 is 0 Å². The van der Waals surface area contributed by atoms with Gasteiger partial charge < -0.3 is 5.32 Å². The molecule has 0 amide bonds. The molecule has 3 heteroatoms. The van der Waals surface area contributed by atoms with Gasteiger partial charge in [0.2, 0.25) is 5.95 Å². The summed E-state index contributed by atoms with van der Waals surface area (Å²) in [5.74, 6) is 1.74. The number of benzene rings is 1. The van der Waals surface area contributed by atoms with Crippen molar-refractivity contribution in [1.82, 2.24) is 9.97 Å². The molecule has 18 heavy (non-hydrogen) atoms. The van der Waals surface area contributed by atoms with E-state index in [0.717, 1.165) is 23.1 Å². The Balaban J connectivity index is 1.61. The van der Waals surface area contributed by atoms with Crippen LogP contribution in [0.5, 0.6) is 0 Å². The molecule has 2 aromatic rings. The Labute approximate surface area is 106 Å². The Kier molecular flexibility index (Phi) is 1.98. The Bertz CT molecular complexity index is 562. The molecular weight excluding hydrogens is 222 g/mol. The Hall–Kier alpha value is -1.90. The van der Waals surface area contributed by atoms with Crippen LogP contribution < -0.4 is 5.32 Å². The lowest BCUT2D eigenvalue weighted by Crippen LogP contribution is -2.63. The van der Waals surface area contributed by atoms with Gasteiger partial charge in [0.25, 0.3) is 0 Å². The highest BCUT2D eigenvalue weighted by Gasteiger charge is 2.56. The first-order chi connectivity index (χ1) is 8.83. The number of anilines is 1. The van der Waals surface area contributed by atoms with Gasteiger partial charge in [0, 0.05) is 17.3 Å². The van der Waals surface area contributed by atoms with Gasteiger partial charge in [-0.25, -0.2) is 9.97 Å². The van der Waals surface area contributed by atoms with E-state index in [4.69, 9.17) is 0 Å². The fraction of sp³-hybridized carbons (Fsp3) is 0.333. The first kappa shape index (κ1) is 10.1. The first-order valence-electron chi connectivity index (χ1n) is 6.50. The van der Waals surface area contributed by atoms with E-state index < -0.39 is 0 Å². The summed E-state index contributed by atoms with van der Waals surface area (Å²) in [7, 11) is 0. The van der Waals surface area contributed by atoms with Gasteiger partial charge in [0.15, 0.2) is 0 Å². The van der Waals surface area contributed by atoms with E-state index in [1.54, 1.807) is 0 Å². The smallest absolute Gasteiger partial charge is 0.223 e. The van der Waals surface area contributed by atoms with Crippen LogP contribution in [0.15, 0.2) is 42.6 Å². The van der Waals surface area contributed by atoms with Crippen LogP contribution in [0.3, 0.4) is 0 Å². The van der Waals surface area contributed by atoms with Crippen LogP contribution in [0.1, 0.15) is 19.3 Å². The van der Waals surface area contributed by atoms with Crippen molar-refractivity contribution in [3.8, 4) is 11.3 Å². The van der Waals surface area contributed by atoms with E-state index in [0.29, 0.717) is 5.54 Å². The van der Waals surface area contributed by atoms with Crippen molar-refractivity contribution in [3.63, 3.8) is 0 Å². The Morgan fingerprint density at radius 3 is 2.50 bits per heavy atom.